The van der Waals surface area contributed by atoms with Crippen LogP contribution in [-0.2, 0) is 9.53 Å². The molecule has 0 saturated carbocycles. The summed E-state index contributed by atoms with van der Waals surface area (Å²) < 4.78 is 21.7. The van der Waals surface area contributed by atoms with Gasteiger partial charge in [-0.3, -0.25) is 0 Å². The molecule has 0 radical (unpaired) electrons. The molecule has 7 heteroatoms. The number of methoxy groups -OCH3 is 3. The average molecular weight is 418 g/mol. The molecule has 1 aliphatic rings. The van der Waals surface area contributed by atoms with Crippen molar-refractivity contribution in [2.75, 3.05) is 21.3 Å². The smallest absolute Gasteiger partial charge is 0.363 e. The van der Waals surface area contributed by atoms with Crippen LogP contribution in [0.15, 0.2) is 51.6 Å². The van der Waals surface area contributed by atoms with Gasteiger partial charge >= 0.3 is 5.97 Å². The molecule has 2 aromatic carbocycles. The van der Waals surface area contributed by atoms with E-state index in [1.165, 1.54) is 0 Å². The van der Waals surface area contributed by atoms with Crippen molar-refractivity contribution < 1.29 is 23.7 Å². The Labute approximate surface area is 159 Å². The summed E-state index contributed by atoms with van der Waals surface area (Å²) in [5, 5.41) is 0. The van der Waals surface area contributed by atoms with Gasteiger partial charge in [-0.2, -0.15) is 0 Å². The zero-order valence-corrected chi connectivity index (χ0v) is 16.0. The van der Waals surface area contributed by atoms with Crippen LogP contribution in [-0.4, -0.2) is 33.2 Å². The highest BCUT2D eigenvalue weighted by Gasteiger charge is 2.24. The Balaban J connectivity index is 1.95. The maximum Gasteiger partial charge on any atom is 0.363 e. The second-order valence-electron chi connectivity index (χ2n) is 5.29. The van der Waals surface area contributed by atoms with Crippen molar-refractivity contribution in [2.24, 2.45) is 4.99 Å². The molecule has 0 fully saturated rings. The van der Waals surface area contributed by atoms with E-state index in [0.29, 0.717) is 28.4 Å². The van der Waals surface area contributed by atoms with Gasteiger partial charge in [-0.1, -0.05) is 15.9 Å². The van der Waals surface area contributed by atoms with E-state index in [4.69, 9.17) is 18.9 Å². The van der Waals surface area contributed by atoms with E-state index in [1.54, 1.807) is 63.8 Å². The van der Waals surface area contributed by atoms with Crippen molar-refractivity contribution in [3.63, 3.8) is 0 Å². The molecule has 1 heterocycles. The van der Waals surface area contributed by atoms with Gasteiger partial charge in [-0.05, 0) is 48.0 Å². The Morgan fingerprint density at radius 3 is 2.27 bits per heavy atom. The average Bonchev–Trinajstić information content (AvgIpc) is 3.03. The molecular weight excluding hydrogens is 402 g/mol. The third-order valence-corrected chi connectivity index (χ3v) is 4.44. The van der Waals surface area contributed by atoms with Crippen LogP contribution in [0.5, 0.6) is 17.2 Å². The van der Waals surface area contributed by atoms with Crippen LogP contribution < -0.4 is 14.2 Å². The number of carbonyl (C=O) groups is 1. The number of halogens is 1. The van der Waals surface area contributed by atoms with Gasteiger partial charge < -0.3 is 18.9 Å². The summed E-state index contributed by atoms with van der Waals surface area (Å²) in [6, 6.07) is 10.6. The van der Waals surface area contributed by atoms with Crippen molar-refractivity contribution in [1.82, 2.24) is 0 Å². The van der Waals surface area contributed by atoms with Crippen molar-refractivity contribution in [3.05, 3.63) is 57.7 Å². The largest absolute Gasteiger partial charge is 0.497 e. The first-order valence-electron chi connectivity index (χ1n) is 7.64. The fraction of sp³-hybridized carbons (Fsp3) is 0.158. The Morgan fingerprint density at radius 2 is 1.65 bits per heavy atom. The number of ether oxygens (including phenoxy) is 4. The number of cyclic esters (lactones) is 1. The number of benzene rings is 2. The first kappa shape index (κ1) is 18.0. The van der Waals surface area contributed by atoms with Gasteiger partial charge in [0.05, 0.1) is 21.3 Å². The lowest BCUT2D eigenvalue weighted by Crippen LogP contribution is -2.05. The summed E-state index contributed by atoms with van der Waals surface area (Å²) in [4.78, 5) is 16.5. The lowest BCUT2D eigenvalue weighted by Gasteiger charge is -2.09. The Hall–Kier alpha value is -2.80. The minimum absolute atomic E-state index is 0.198. The zero-order valence-electron chi connectivity index (χ0n) is 14.4. The summed E-state index contributed by atoms with van der Waals surface area (Å²) in [6.07, 6.45) is 1.63. The molecule has 0 unspecified atom stereocenters. The number of aliphatic imine (C=N–C) groups is 1. The third-order valence-electron chi connectivity index (χ3n) is 3.75. The van der Waals surface area contributed by atoms with E-state index in [9.17, 15) is 4.79 Å². The molecule has 0 spiro atoms. The van der Waals surface area contributed by atoms with E-state index < -0.39 is 5.97 Å². The van der Waals surface area contributed by atoms with E-state index in [-0.39, 0.29) is 11.6 Å². The topological polar surface area (TPSA) is 66.3 Å². The van der Waals surface area contributed by atoms with Gasteiger partial charge in [-0.25, -0.2) is 9.79 Å². The van der Waals surface area contributed by atoms with Crippen LogP contribution in [0.1, 0.15) is 11.1 Å². The molecule has 0 amide bonds. The number of carbonyl (C=O) groups excluding carboxylic acids is 1. The van der Waals surface area contributed by atoms with Gasteiger partial charge in [0.15, 0.2) is 17.2 Å². The van der Waals surface area contributed by atoms with E-state index in [1.807, 2.05) is 0 Å². The first-order chi connectivity index (χ1) is 12.5. The van der Waals surface area contributed by atoms with Crippen LogP contribution in [0.2, 0.25) is 0 Å². The number of hydrogen-bond donors (Lipinski definition) is 0. The van der Waals surface area contributed by atoms with Crippen molar-refractivity contribution in [3.8, 4) is 17.2 Å². The summed E-state index contributed by atoms with van der Waals surface area (Å²) in [6.45, 7) is 0. The normalized spacial score (nSPS) is 14.8. The summed E-state index contributed by atoms with van der Waals surface area (Å²) in [7, 11) is 4.69. The quantitative estimate of drug-likeness (QED) is 0.546. The summed E-state index contributed by atoms with van der Waals surface area (Å²) >= 11 is 3.46. The van der Waals surface area contributed by atoms with Gasteiger partial charge in [-0.15, -0.1) is 0 Å². The molecule has 3 rings (SSSR count). The van der Waals surface area contributed by atoms with Crippen LogP contribution in [0.4, 0.5) is 0 Å². The minimum Gasteiger partial charge on any atom is -0.497 e. The maximum atomic E-state index is 12.2. The molecule has 0 aliphatic carbocycles. The molecule has 6 nitrogen and oxygen atoms in total. The predicted molar refractivity (Wildman–Crippen MR) is 101 cm³/mol. The minimum atomic E-state index is -0.516. The Kier molecular flexibility index (Phi) is 5.27. The fourth-order valence-corrected chi connectivity index (χ4v) is 2.83. The molecule has 134 valence electrons. The van der Waals surface area contributed by atoms with Gasteiger partial charge in [0.2, 0.25) is 5.90 Å². The molecule has 1 aliphatic heterocycles. The Morgan fingerprint density at radius 1 is 1.00 bits per heavy atom. The molecule has 0 saturated heterocycles. The molecule has 26 heavy (non-hydrogen) atoms. The standard InChI is InChI=1S/C19H16BrNO5/c1-23-13-6-4-11(5-7-13)18-21-15(19(22)26-18)8-12-9-16(24-2)17(25-3)10-14(12)20/h4-10H,1-3H3/b15-8-. The lowest BCUT2D eigenvalue weighted by atomic mass is 10.1. The number of rotatable bonds is 5. The van der Waals surface area contributed by atoms with E-state index >= 15 is 0 Å². The van der Waals surface area contributed by atoms with Crippen LogP contribution in [0.25, 0.3) is 6.08 Å². The Bertz CT molecular complexity index is 903. The van der Waals surface area contributed by atoms with E-state index in [0.717, 1.165) is 4.47 Å². The molecule has 0 bridgehead atoms. The van der Waals surface area contributed by atoms with Crippen molar-refractivity contribution in [1.29, 1.82) is 0 Å². The second kappa shape index (κ2) is 7.61. The SMILES string of the molecule is COc1ccc(C2=N/C(=C\c3cc(OC)c(OC)cc3Br)C(=O)O2)cc1. The highest BCUT2D eigenvalue weighted by atomic mass is 79.9. The zero-order chi connectivity index (χ0) is 18.7. The second-order valence-corrected chi connectivity index (χ2v) is 6.15. The maximum absolute atomic E-state index is 12.2. The van der Waals surface area contributed by atoms with Crippen molar-refractivity contribution >= 4 is 33.9 Å². The number of esters is 1. The van der Waals surface area contributed by atoms with Crippen molar-refractivity contribution in [2.45, 2.75) is 0 Å². The predicted octanol–water partition coefficient (Wildman–Crippen LogP) is 3.82. The number of nitrogens with zero attached hydrogens (tertiary/aromatic N) is 1. The van der Waals surface area contributed by atoms with Gasteiger partial charge in [0.25, 0.3) is 0 Å². The van der Waals surface area contributed by atoms with Gasteiger partial charge in [0.1, 0.15) is 5.75 Å². The summed E-state index contributed by atoms with van der Waals surface area (Å²) in [5.41, 5.74) is 1.60. The highest BCUT2D eigenvalue weighted by Crippen LogP contribution is 2.35. The van der Waals surface area contributed by atoms with Crippen LogP contribution >= 0.6 is 15.9 Å². The monoisotopic (exact) mass is 417 g/mol. The molecule has 0 aromatic heterocycles. The van der Waals surface area contributed by atoms with Crippen LogP contribution in [0.3, 0.4) is 0 Å². The third kappa shape index (κ3) is 3.57. The first-order valence-corrected chi connectivity index (χ1v) is 8.43. The van der Waals surface area contributed by atoms with Crippen LogP contribution in [0, 0.1) is 0 Å². The molecule has 0 atom stereocenters. The molecule has 0 N–H and O–H groups in total. The summed E-state index contributed by atoms with van der Waals surface area (Å²) in [5.74, 6) is 1.58. The fourth-order valence-electron chi connectivity index (χ4n) is 2.39. The highest BCUT2D eigenvalue weighted by molar-refractivity contribution is 9.10. The molecule has 2 aromatic rings. The molecular formula is C19H16BrNO5. The van der Waals surface area contributed by atoms with Gasteiger partial charge in [0, 0.05) is 10.0 Å². The lowest BCUT2D eigenvalue weighted by molar-refractivity contribution is -0.129. The number of hydrogen-bond acceptors (Lipinski definition) is 6. The van der Waals surface area contributed by atoms with E-state index in [2.05, 4.69) is 20.9 Å².